The summed E-state index contributed by atoms with van der Waals surface area (Å²) in [7, 11) is 0. The van der Waals surface area contributed by atoms with E-state index >= 15 is 0 Å². The molecule has 1 aromatic heterocycles. The molecule has 2 heterocycles. The van der Waals surface area contributed by atoms with Crippen molar-refractivity contribution in [1.82, 2.24) is 9.55 Å². The van der Waals surface area contributed by atoms with Crippen LogP contribution in [0.25, 0.3) is 0 Å². The number of nitrogen functional groups attached to an aromatic ring is 1. The lowest BCUT2D eigenvalue weighted by Gasteiger charge is -2.38. The van der Waals surface area contributed by atoms with Crippen molar-refractivity contribution in [2.24, 2.45) is 28.5 Å². The van der Waals surface area contributed by atoms with Gasteiger partial charge in [0.05, 0.1) is 25.3 Å². The van der Waals surface area contributed by atoms with Gasteiger partial charge in [0.15, 0.2) is 5.82 Å². The van der Waals surface area contributed by atoms with Crippen molar-refractivity contribution in [3.63, 3.8) is 0 Å². The first-order valence-corrected chi connectivity index (χ1v) is 13.9. The number of rotatable bonds is 7. The summed E-state index contributed by atoms with van der Waals surface area (Å²) in [5.74, 6) is 6.38. The number of morpholine rings is 1. The minimum absolute atomic E-state index is 0.118. The first kappa shape index (κ1) is 25.0. The summed E-state index contributed by atoms with van der Waals surface area (Å²) in [6.45, 7) is 5.10. The van der Waals surface area contributed by atoms with E-state index in [0.29, 0.717) is 42.6 Å². The Morgan fingerprint density at radius 3 is 2.72 bits per heavy atom. The molecule has 4 N–H and O–H groups in total. The number of terminal acetylenes is 1. The quantitative estimate of drug-likeness (QED) is 0.338. The zero-order valence-corrected chi connectivity index (χ0v) is 21.7. The van der Waals surface area contributed by atoms with Crippen molar-refractivity contribution in [1.29, 1.82) is 0 Å². The van der Waals surface area contributed by atoms with Gasteiger partial charge in [-0.2, -0.15) is 4.98 Å². The molecule has 194 valence electrons. The minimum Gasteiger partial charge on any atom is -0.382 e. The van der Waals surface area contributed by atoms with Crippen LogP contribution in [0.4, 0.5) is 11.8 Å². The SMILES string of the molecule is C#CC1CCC(Cn2c(N3CCOCC3C3=CCCC=C3)nc(N)c2C(N)=NC(C)C2CCC2)CC1. The van der Waals surface area contributed by atoms with Gasteiger partial charge in [-0.25, -0.2) is 0 Å². The zero-order valence-electron chi connectivity index (χ0n) is 21.7. The number of nitrogens with two attached hydrogens (primary N) is 2. The van der Waals surface area contributed by atoms with Gasteiger partial charge in [-0.3, -0.25) is 4.99 Å². The third-order valence-electron chi connectivity index (χ3n) is 8.71. The number of amidine groups is 1. The highest BCUT2D eigenvalue weighted by atomic mass is 16.5. The fourth-order valence-electron chi connectivity index (χ4n) is 6.20. The molecule has 2 atom stereocenters. The van der Waals surface area contributed by atoms with Gasteiger partial charge in [0.25, 0.3) is 0 Å². The molecule has 4 aliphatic rings. The van der Waals surface area contributed by atoms with E-state index in [2.05, 4.69) is 40.5 Å². The number of anilines is 2. The Morgan fingerprint density at radius 1 is 1.25 bits per heavy atom. The van der Waals surface area contributed by atoms with E-state index in [1.807, 2.05) is 0 Å². The fourth-order valence-corrected chi connectivity index (χ4v) is 6.20. The highest BCUT2D eigenvalue weighted by Gasteiger charge is 2.33. The molecule has 3 aliphatic carbocycles. The lowest BCUT2D eigenvalue weighted by molar-refractivity contribution is 0.102. The summed E-state index contributed by atoms with van der Waals surface area (Å²) in [5, 5.41) is 0. The lowest BCUT2D eigenvalue weighted by atomic mass is 9.81. The molecule has 36 heavy (non-hydrogen) atoms. The van der Waals surface area contributed by atoms with Gasteiger partial charge < -0.3 is 25.7 Å². The van der Waals surface area contributed by atoms with Gasteiger partial charge in [-0.1, -0.05) is 24.6 Å². The van der Waals surface area contributed by atoms with Crippen molar-refractivity contribution in [3.05, 3.63) is 29.5 Å². The van der Waals surface area contributed by atoms with Crippen LogP contribution in [0.3, 0.4) is 0 Å². The fraction of sp³-hybridized carbons (Fsp3) is 0.655. The number of ether oxygens (including phenoxy) is 1. The monoisotopic (exact) mass is 490 g/mol. The van der Waals surface area contributed by atoms with Gasteiger partial charge in [0.1, 0.15) is 11.5 Å². The molecule has 5 rings (SSSR count). The summed E-state index contributed by atoms with van der Waals surface area (Å²) >= 11 is 0. The number of allylic oxidation sites excluding steroid dienone is 2. The van der Waals surface area contributed by atoms with Gasteiger partial charge in [-0.05, 0) is 75.7 Å². The maximum atomic E-state index is 6.70. The zero-order chi connectivity index (χ0) is 25.1. The predicted octanol–water partition coefficient (Wildman–Crippen LogP) is 4.28. The topological polar surface area (TPSA) is 94.7 Å². The van der Waals surface area contributed by atoms with Crippen molar-refractivity contribution in [3.8, 4) is 12.3 Å². The van der Waals surface area contributed by atoms with Crippen LogP contribution < -0.4 is 16.4 Å². The van der Waals surface area contributed by atoms with Crippen molar-refractivity contribution >= 4 is 17.6 Å². The Bertz CT molecular complexity index is 1050. The van der Waals surface area contributed by atoms with Gasteiger partial charge in [-0.15, -0.1) is 12.3 Å². The number of hydrogen-bond acceptors (Lipinski definition) is 5. The second-order valence-electron chi connectivity index (χ2n) is 11.1. The third-order valence-corrected chi connectivity index (χ3v) is 8.71. The summed E-state index contributed by atoms with van der Waals surface area (Å²) in [5.41, 5.74) is 15.4. The number of imidazole rings is 1. The molecule has 2 unspecified atom stereocenters. The van der Waals surface area contributed by atoms with Gasteiger partial charge >= 0.3 is 0 Å². The second kappa shape index (κ2) is 11.1. The number of aromatic nitrogens is 2. The van der Waals surface area contributed by atoms with Crippen molar-refractivity contribution in [2.45, 2.75) is 83.3 Å². The smallest absolute Gasteiger partial charge is 0.208 e. The molecule has 1 saturated heterocycles. The highest BCUT2D eigenvalue weighted by Crippen LogP contribution is 2.35. The standard InChI is InChI=1S/C29H42N6O/c1-3-21-12-14-22(15-13-21)18-35-26(27(30)32-20(2)23-10-7-11-23)28(31)33-29(35)34-16-17-36-19-25(34)24-8-5-4-6-9-24/h1,5,8-9,20-23,25H,4,6-7,10-19,31H2,2H3,(H2,30,32). The highest BCUT2D eigenvalue weighted by molar-refractivity contribution is 6.00. The van der Waals surface area contributed by atoms with Crippen LogP contribution in [0, 0.1) is 30.1 Å². The average Bonchev–Trinajstić information content (AvgIpc) is 3.19. The Kier molecular flexibility index (Phi) is 7.71. The molecule has 7 nitrogen and oxygen atoms in total. The summed E-state index contributed by atoms with van der Waals surface area (Å²) in [6.07, 6.45) is 22.8. The molecule has 7 heteroatoms. The Balaban J connectivity index is 1.50. The second-order valence-corrected chi connectivity index (χ2v) is 11.1. The molecule has 3 fully saturated rings. The molecular weight excluding hydrogens is 448 g/mol. The number of hydrogen-bond donors (Lipinski definition) is 2. The van der Waals surface area contributed by atoms with Crippen LogP contribution in [0.2, 0.25) is 0 Å². The molecule has 0 bridgehead atoms. The van der Waals surface area contributed by atoms with Crippen LogP contribution in [-0.4, -0.2) is 47.2 Å². The van der Waals surface area contributed by atoms with Crippen LogP contribution in [0.1, 0.15) is 70.4 Å². The lowest BCUT2D eigenvalue weighted by Crippen LogP contribution is -2.48. The Hall–Kier alpha value is -2.72. The largest absolute Gasteiger partial charge is 0.382 e. The van der Waals surface area contributed by atoms with Gasteiger partial charge in [0.2, 0.25) is 5.95 Å². The van der Waals surface area contributed by atoms with Crippen LogP contribution in [0.15, 0.2) is 28.8 Å². The van der Waals surface area contributed by atoms with Gasteiger partial charge in [0, 0.05) is 19.0 Å². The number of nitrogens with zero attached hydrogens (tertiary/aromatic N) is 4. The average molecular weight is 491 g/mol. The van der Waals surface area contributed by atoms with E-state index in [4.69, 9.17) is 32.6 Å². The maximum Gasteiger partial charge on any atom is 0.208 e. The summed E-state index contributed by atoms with van der Waals surface area (Å²) in [6, 6.07) is 0.317. The van der Waals surface area contributed by atoms with Crippen LogP contribution >= 0.6 is 0 Å². The molecule has 0 amide bonds. The molecule has 0 aromatic carbocycles. The van der Waals surface area contributed by atoms with E-state index in [0.717, 1.165) is 63.3 Å². The van der Waals surface area contributed by atoms with E-state index < -0.39 is 0 Å². The summed E-state index contributed by atoms with van der Waals surface area (Å²) < 4.78 is 8.20. The van der Waals surface area contributed by atoms with E-state index in [9.17, 15) is 0 Å². The molecule has 0 spiro atoms. The van der Waals surface area contributed by atoms with Crippen molar-refractivity contribution in [2.75, 3.05) is 30.4 Å². The Morgan fingerprint density at radius 2 is 2.06 bits per heavy atom. The van der Waals surface area contributed by atoms with E-state index in [1.165, 1.54) is 24.8 Å². The first-order chi connectivity index (χ1) is 17.5. The third kappa shape index (κ3) is 5.20. The van der Waals surface area contributed by atoms with Crippen molar-refractivity contribution < 1.29 is 4.74 Å². The molecule has 1 aliphatic heterocycles. The molecule has 1 aromatic rings. The van der Waals surface area contributed by atoms with Crippen LogP contribution in [0.5, 0.6) is 0 Å². The predicted molar refractivity (Wildman–Crippen MR) is 147 cm³/mol. The molecule has 2 saturated carbocycles. The van der Waals surface area contributed by atoms with Crippen LogP contribution in [-0.2, 0) is 11.3 Å². The van der Waals surface area contributed by atoms with E-state index in [1.54, 1.807) is 0 Å². The van der Waals surface area contributed by atoms with E-state index in [-0.39, 0.29) is 12.1 Å². The number of aliphatic imine (C=N–C) groups is 1. The minimum atomic E-state index is 0.118. The molecular formula is C29H42N6O. The summed E-state index contributed by atoms with van der Waals surface area (Å²) in [4.78, 5) is 12.3. The molecule has 0 radical (unpaired) electrons. The maximum absolute atomic E-state index is 6.70. The normalized spacial score (nSPS) is 28.3. The Labute approximate surface area is 216 Å². The first-order valence-electron chi connectivity index (χ1n) is 13.9.